The lowest BCUT2D eigenvalue weighted by molar-refractivity contribution is -0.141. The van der Waals surface area contributed by atoms with Gasteiger partial charge in [0.1, 0.15) is 0 Å². The van der Waals surface area contributed by atoms with E-state index >= 15 is 0 Å². The summed E-state index contributed by atoms with van der Waals surface area (Å²) in [4.78, 5) is 10.7. The van der Waals surface area contributed by atoms with Crippen molar-refractivity contribution in [2.75, 3.05) is 0 Å². The predicted octanol–water partition coefficient (Wildman–Crippen LogP) is 2.40. The Morgan fingerprint density at radius 1 is 1.75 bits per heavy atom. The lowest BCUT2D eigenvalue weighted by Gasteiger charge is -2.06. The molecule has 0 spiro atoms. The number of rotatable bonds is 4. The largest absolute Gasteiger partial charge is 0.481 e. The third-order valence-corrected chi connectivity index (χ3v) is 2.64. The van der Waals surface area contributed by atoms with Crippen molar-refractivity contribution >= 4 is 17.3 Å². The van der Waals surface area contributed by atoms with Crippen LogP contribution in [0.15, 0.2) is 16.8 Å². The van der Waals surface area contributed by atoms with E-state index in [-0.39, 0.29) is 5.92 Å². The first kappa shape index (κ1) is 9.26. The highest BCUT2D eigenvalue weighted by atomic mass is 32.1. The van der Waals surface area contributed by atoms with Gasteiger partial charge in [0, 0.05) is 0 Å². The average molecular weight is 184 g/mol. The van der Waals surface area contributed by atoms with Crippen LogP contribution >= 0.6 is 11.3 Å². The fraction of sp³-hybridized carbons (Fsp3) is 0.444. The molecule has 0 saturated carbocycles. The number of thiophene rings is 1. The number of carbonyl (C=O) groups is 1. The van der Waals surface area contributed by atoms with Crippen LogP contribution in [0.2, 0.25) is 0 Å². The molecule has 1 atom stereocenters. The molecule has 12 heavy (non-hydrogen) atoms. The molecule has 2 nitrogen and oxygen atoms in total. The Morgan fingerprint density at radius 2 is 2.50 bits per heavy atom. The maximum absolute atomic E-state index is 10.7. The molecule has 66 valence electrons. The van der Waals surface area contributed by atoms with Gasteiger partial charge in [-0.25, -0.2) is 0 Å². The Balaban J connectivity index is 2.54. The molecule has 1 heterocycles. The van der Waals surface area contributed by atoms with Gasteiger partial charge < -0.3 is 5.11 Å². The highest BCUT2D eigenvalue weighted by Crippen LogP contribution is 2.14. The number of aliphatic carboxylic acids is 1. The number of carboxylic acids is 1. The second kappa shape index (κ2) is 4.26. The fourth-order valence-corrected chi connectivity index (χ4v) is 1.78. The standard InChI is InChI=1S/C9H12O2S/c1-2-8(9(10)11)5-7-3-4-12-6-7/h3-4,6,8H,2,5H2,1H3,(H,10,11)/t8-/m0/s1. The number of carboxylic acid groups (broad SMARTS) is 1. The summed E-state index contributed by atoms with van der Waals surface area (Å²) in [6, 6.07) is 1.98. The van der Waals surface area contributed by atoms with Crippen LogP contribution in [0.5, 0.6) is 0 Å². The Morgan fingerprint density at radius 3 is 2.92 bits per heavy atom. The van der Waals surface area contributed by atoms with Crippen molar-refractivity contribution in [2.24, 2.45) is 5.92 Å². The average Bonchev–Trinajstić information content (AvgIpc) is 2.51. The Kier molecular flexibility index (Phi) is 3.29. The third-order valence-electron chi connectivity index (χ3n) is 1.90. The molecule has 1 rings (SSSR count). The van der Waals surface area contributed by atoms with E-state index in [0.29, 0.717) is 12.8 Å². The molecule has 0 radical (unpaired) electrons. The van der Waals surface area contributed by atoms with Crippen LogP contribution in [0, 0.1) is 5.92 Å². The molecular formula is C9H12O2S. The van der Waals surface area contributed by atoms with Gasteiger partial charge in [0.15, 0.2) is 0 Å². The molecule has 3 heteroatoms. The number of hydrogen-bond acceptors (Lipinski definition) is 2. The van der Waals surface area contributed by atoms with Crippen molar-refractivity contribution in [3.63, 3.8) is 0 Å². The van der Waals surface area contributed by atoms with Gasteiger partial charge in [-0.2, -0.15) is 11.3 Å². The van der Waals surface area contributed by atoms with E-state index in [1.807, 2.05) is 23.8 Å². The van der Waals surface area contributed by atoms with Gasteiger partial charge in [-0.1, -0.05) is 6.92 Å². The summed E-state index contributed by atoms with van der Waals surface area (Å²) < 4.78 is 0. The molecule has 0 aliphatic carbocycles. The van der Waals surface area contributed by atoms with Gasteiger partial charge in [-0.3, -0.25) is 4.79 Å². The molecule has 0 bridgehead atoms. The van der Waals surface area contributed by atoms with E-state index in [1.165, 1.54) is 0 Å². The first-order chi connectivity index (χ1) is 5.74. The smallest absolute Gasteiger partial charge is 0.306 e. The second-order valence-electron chi connectivity index (χ2n) is 2.78. The van der Waals surface area contributed by atoms with E-state index in [0.717, 1.165) is 5.56 Å². The molecule has 0 aliphatic heterocycles. The first-order valence-corrected chi connectivity index (χ1v) is 4.92. The normalized spacial score (nSPS) is 12.8. The molecule has 0 aromatic carbocycles. The minimum absolute atomic E-state index is 0.223. The molecular weight excluding hydrogens is 172 g/mol. The maximum Gasteiger partial charge on any atom is 0.306 e. The summed E-state index contributed by atoms with van der Waals surface area (Å²) >= 11 is 1.61. The summed E-state index contributed by atoms with van der Waals surface area (Å²) in [6.07, 6.45) is 1.36. The summed E-state index contributed by atoms with van der Waals surface area (Å²) in [5.74, 6) is -0.914. The van der Waals surface area contributed by atoms with E-state index < -0.39 is 5.97 Å². The zero-order chi connectivity index (χ0) is 8.97. The minimum atomic E-state index is -0.691. The Hall–Kier alpha value is -0.830. The molecule has 0 unspecified atom stereocenters. The minimum Gasteiger partial charge on any atom is -0.481 e. The van der Waals surface area contributed by atoms with Gasteiger partial charge in [-0.15, -0.1) is 0 Å². The summed E-state index contributed by atoms with van der Waals surface area (Å²) in [7, 11) is 0. The quantitative estimate of drug-likeness (QED) is 0.780. The molecule has 0 saturated heterocycles. The molecule has 0 fully saturated rings. The van der Waals surface area contributed by atoms with Crippen LogP contribution in [0.4, 0.5) is 0 Å². The van der Waals surface area contributed by atoms with Crippen molar-refractivity contribution in [3.05, 3.63) is 22.4 Å². The van der Waals surface area contributed by atoms with Crippen LogP contribution < -0.4 is 0 Å². The first-order valence-electron chi connectivity index (χ1n) is 3.98. The zero-order valence-corrected chi connectivity index (χ0v) is 7.80. The molecule has 0 aliphatic rings. The van der Waals surface area contributed by atoms with Gasteiger partial charge in [0.05, 0.1) is 5.92 Å². The topological polar surface area (TPSA) is 37.3 Å². The molecule has 1 N–H and O–H groups in total. The molecule has 1 aromatic heterocycles. The third kappa shape index (κ3) is 2.34. The number of hydrogen-bond donors (Lipinski definition) is 1. The maximum atomic E-state index is 10.7. The van der Waals surface area contributed by atoms with Gasteiger partial charge in [0.25, 0.3) is 0 Å². The lowest BCUT2D eigenvalue weighted by Crippen LogP contribution is -2.14. The van der Waals surface area contributed by atoms with Crippen LogP contribution in [0.3, 0.4) is 0 Å². The fourth-order valence-electron chi connectivity index (χ4n) is 1.10. The van der Waals surface area contributed by atoms with Crippen molar-refractivity contribution in [2.45, 2.75) is 19.8 Å². The van der Waals surface area contributed by atoms with Gasteiger partial charge in [0.2, 0.25) is 0 Å². The zero-order valence-electron chi connectivity index (χ0n) is 6.99. The predicted molar refractivity (Wildman–Crippen MR) is 49.4 cm³/mol. The highest BCUT2D eigenvalue weighted by Gasteiger charge is 2.15. The summed E-state index contributed by atoms with van der Waals surface area (Å²) in [6.45, 7) is 1.91. The van der Waals surface area contributed by atoms with E-state index in [2.05, 4.69) is 0 Å². The van der Waals surface area contributed by atoms with E-state index in [9.17, 15) is 4.79 Å². The summed E-state index contributed by atoms with van der Waals surface area (Å²) in [5.41, 5.74) is 1.13. The molecule has 1 aromatic rings. The van der Waals surface area contributed by atoms with Crippen LogP contribution in [0.25, 0.3) is 0 Å². The second-order valence-corrected chi connectivity index (χ2v) is 3.56. The van der Waals surface area contributed by atoms with Crippen LogP contribution in [0.1, 0.15) is 18.9 Å². The Labute approximate surface area is 75.9 Å². The lowest BCUT2D eigenvalue weighted by atomic mass is 9.99. The monoisotopic (exact) mass is 184 g/mol. The van der Waals surface area contributed by atoms with Gasteiger partial charge in [-0.05, 0) is 35.2 Å². The van der Waals surface area contributed by atoms with E-state index in [1.54, 1.807) is 11.3 Å². The highest BCUT2D eigenvalue weighted by molar-refractivity contribution is 7.07. The summed E-state index contributed by atoms with van der Waals surface area (Å²) in [5, 5.41) is 12.8. The van der Waals surface area contributed by atoms with Crippen LogP contribution in [-0.2, 0) is 11.2 Å². The van der Waals surface area contributed by atoms with Crippen molar-refractivity contribution in [1.29, 1.82) is 0 Å². The van der Waals surface area contributed by atoms with E-state index in [4.69, 9.17) is 5.11 Å². The van der Waals surface area contributed by atoms with Crippen molar-refractivity contribution < 1.29 is 9.90 Å². The van der Waals surface area contributed by atoms with Gasteiger partial charge >= 0.3 is 5.97 Å². The molecule has 0 amide bonds. The van der Waals surface area contributed by atoms with Crippen LogP contribution in [-0.4, -0.2) is 11.1 Å². The SMILES string of the molecule is CC[C@@H](Cc1ccsc1)C(=O)O. The van der Waals surface area contributed by atoms with Crippen molar-refractivity contribution in [3.8, 4) is 0 Å². The Bertz CT molecular complexity index is 241. The van der Waals surface area contributed by atoms with Crippen molar-refractivity contribution in [1.82, 2.24) is 0 Å².